The van der Waals surface area contributed by atoms with Crippen LogP contribution in [0, 0.1) is 31.2 Å². The van der Waals surface area contributed by atoms with E-state index >= 15 is 0 Å². The first kappa shape index (κ1) is 25.1. The van der Waals surface area contributed by atoms with Gasteiger partial charge in [-0.1, -0.05) is 26.8 Å². The number of carbonyl (C=O) groups excluding carboxylic acids is 2. The molecule has 0 saturated heterocycles. The Balaban J connectivity index is 1.75. The predicted molar refractivity (Wildman–Crippen MR) is 131 cm³/mol. The lowest BCUT2D eigenvalue weighted by Gasteiger charge is -2.37. The summed E-state index contributed by atoms with van der Waals surface area (Å²) in [6, 6.07) is 4.87. The summed E-state index contributed by atoms with van der Waals surface area (Å²) in [5.74, 6) is 0.219. The molecule has 0 amide bonds. The zero-order chi connectivity index (χ0) is 26.1. The van der Waals surface area contributed by atoms with Crippen LogP contribution in [0.15, 0.2) is 18.2 Å². The van der Waals surface area contributed by atoms with Crippen LogP contribution < -0.4 is 14.2 Å². The highest BCUT2D eigenvalue weighted by Crippen LogP contribution is 2.41. The van der Waals surface area contributed by atoms with Crippen LogP contribution in [-0.2, 0) is 4.74 Å². The molecule has 1 aromatic carbocycles. The van der Waals surface area contributed by atoms with Gasteiger partial charge in [-0.15, -0.1) is 0 Å². The average Bonchev–Trinajstić information content (AvgIpc) is 3.35. The number of fused-ring (bicyclic) bond motifs is 1. The summed E-state index contributed by atoms with van der Waals surface area (Å²) < 4.78 is 23.6. The summed E-state index contributed by atoms with van der Waals surface area (Å²) in [7, 11) is 2.85. The molecule has 0 aliphatic heterocycles. The Morgan fingerprint density at radius 3 is 2.22 bits per heavy atom. The lowest BCUT2D eigenvalue weighted by atomic mass is 9.75. The first-order valence-electron chi connectivity index (χ1n) is 11.8. The van der Waals surface area contributed by atoms with Gasteiger partial charge in [0.1, 0.15) is 34.6 Å². The van der Waals surface area contributed by atoms with Crippen LogP contribution >= 0.6 is 0 Å². The molecule has 10 nitrogen and oxygen atoms in total. The van der Waals surface area contributed by atoms with Crippen molar-refractivity contribution in [1.82, 2.24) is 14.6 Å². The first-order valence-corrected chi connectivity index (χ1v) is 11.8. The summed E-state index contributed by atoms with van der Waals surface area (Å²) in [6.45, 7) is 15.8. The van der Waals surface area contributed by atoms with E-state index in [9.17, 15) is 9.59 Å². The molecule has 2 atom stereocenters. The quantitative estimate of drug-likeness (QED) is 0.380. The van der Waals surface area contributed by atoms with E-state index in [4.69, 9.17) is 25.5 Å². The minimum Gasteiger partial charge on any atom is -0.496 e. The molecule has 0 bridgehead atoms. The van der Waals surface area contributed by atoms with E-state index in [-0.39, 0.29) is 57.8 Å². The molecule has 1 aliphatic carbocycles. The van der Waals surface area contributed by atoms with E-state index in [2.05, 4.69) is 35.7 Å². The number of methoxy groups -OCH3 is 2. The third-order valence-corrected chi connectivity index (χ3v) is 6.68. The van der Waals surface area contributed by atoms with Gasteiger partial charge in [-0.25, -0.2) is 23.9 Å². The normalized spacial score (nSPS) is 21.6. The monoisotopic (exact) mass is 494 g/mol. The van der Waals surface area contributed by atoms with Gasteiger partial charge in [0.15, 0.2) is 5.65 Å². The van der Waals surface area contributed by atoms with Gasteiger partial charge in [0.25, 0.3) is 5.69 Å². The number of carbonyl (C=O) groups is 2. The molecule has 1 N–H and O–H groups in total. The number of hydrogen-bond acceptors (Lipinski definition) is 7. The molecule has 10 heteroatoms. The standard InChI is InChI=1S/C26H30N4O6/c1-13-11-14(2)22(15(3)12-13)35-26(32)20-21(27-5)24(30-23(20)28-16(4)29-30)36-25(31)19-17(33-6)9-8-10-18(19)34-7/h8-10,13-15,22H,11-12H2,1-4,6-7H3,(H,28,29). The Hall–Kier alpha value is -4.00. The van der Waals surface area contributed by atoms with Crippen molar-refractivity contribution in [3.63, 3.8) is 0 Å². The molecule has 1 aliphatic rings. The second kappa shape index (κ2) is 9.93. The lowest BCUT2D eigenvalue weighted by Crippen LogP contribution is -2.37. The van der Waals surface area contributed by atoms with Gasteiger partial charge in [-0.3, -0.25) is 5.10 Å². The van der Waals surface area contributed by atoms with Gasteiger partial charge >= 0.3 is 11.9 Å². The number of nitrogens with zero attached hydrogens (tertiary/aromatic N) is 3. The van der Waals surface area contributed by atoms with Gasteiger partial charge < -0.3 is 18.9 Å². The number of nitrogens with one attached hydrogen (secondary N) is 1. The van der Waals surface area contributed by atoms with Crippen molar-refractivity contribution >= 4 is 23.3 Å². The van der Waals surface area contributed by atoms with Crippen molar-refractivity contribution in [2.24, 2.45) is 17.8 Å². The topological polar surface area (TPSA) is 109 Å². The summed E-state index contributed by atoms with van der Waals surface area (Å²) in [4.78, 5) is 34.6. The van der Waals surface area contributed by atoms with Crippen LogP contribution in [-0.4, -0.2) is 46.9 Å². The SMILES string of the molecule is [C-]#[N+]c1c(C(=O)OC2C(C)CC(C)CC2C)c2nc(C)[nH]n2c1OC(=O)c1c(OC)cccc1OC. The van der Waals surface area contributed by atoms with Crippen LogP contribution in [0.2, 0.25) is 0 Å². The number of aromatic amines is 1. The van der Waals surface area contributed by atoms with Crippen LogP contribution in [0.3, 0.4) is 0 Å². The van der Waals surface area contributed by atoms with Gasteiger partial charge in [-0.05, 0) is 49.7 Å². The van der Waals surface area contributed by atoms with Gasteiger partial charge in [-0.2, -0.15) is 0 Å². The van der Waals surface area contributed by atoms with Crippen molar-refractivity contribution in [2.45, 2.75) is 46.6 Å². The minimum atomic E-state index is -0.815. The maximum Gasteiger partial charge on any atom is 0.351 e. The Kier molecular flexibility index (Phi) is 6.93. The van der Waals surface area contributed by atoms with Crippen molar-refractivity contribution in [3.8, 4) is 17.4 Å². The largest absolute Gasteiger partial charge is 0.496 e. The molecular weight excluding hydrogens is 464 g/mol. The number of ether oxygens (including phenoxy) is 4. The maximum atomic E-state index is 13.4. The Bertz CT molecular complexity index is 1320. The number of esters is 2. The number of hydrogen-bond donors (Lipinski definition) is 1. The summed E-state index contributed by atoms with van der Waals surface area (Å²) >= 11 is 0. The summed E-state index contributed by atoms with van der Waals surface area (Å²) in [5.41, 5.74) is 0.00288. The van der Waals surface area contributed by atoms with E-state index in [1.807, 2.05) is 0 Å². The smallest absolute Gasteiger partial charge is 0.351 e. The Morgan fingerprint density at radius 1 is 1.06 bits per heavy atom. The molecule has 2 unspecified atom stereocenters. The molecule has 4 rings (SSSR count). The van der Waals surface area contributed by atoms with Crippen LogP contribution in [0.5, 0.6) is 17.4 Å². The molecule has 0 spiro atoms. The molecule has 190 valence electrons. The second-order valence-corrected chi connectivity index (χ2v) is 9.44. The van der Waals surface area contributed by atoms with Crippen LogP contribution in [0.4, 0.5) is 5.69 Å². The Morgan fingerprint density at radius 2 is 1.67 bits per heavy atom. The molecule has 2 aromatic heterocycles. The number of benzene rings is 1. The van der Waals surface area contributed by atoms with E-state index in [0.29, 0.717) is 11.7 Å². The van der Waals surface area contributed by atoms with Crippen LogP contribution in [0.1, 0.15) is 60.2 Å². The van der Waals surface area contributed by atoms with Crippen molar-refractivity contribution in [3.05, 3.63) is 46.6 Å². The average molecular weight is 495 g/mol. The minimum absolute atomic E-state index is 0.0397. The van der Waals surface area contributed by atoms with E-state index < -0.39 is 11.9 Å². The van der Waals surface area contributed by atoms with Gasteiger partial charge in [0, 0.05) is 0 Å². The molecule has 36 heavy (non-hydrogen) atoms. The zero-order valence-corrected chi connectivity index (χ0v) is 21.2. The van der Waals surface area contributed by atoms with E-state index in [1.54, 1.807) is 25.1 Å². The van der Waals surface area contributed by atoms with E-state index in [0.717, 1.165) is 12.8 Å². The molecule has 1 saturated carbocycles. The fourth-order valence-corrected chi connectivity index (χ4v) is 5.27. The highest BCUT2D eigenvalue weighted by atomic mass is 16.6. The number of rotatable bonds is 6. The van der Waals surface area contributed by atoms with Crippen LogP contribution in [0.25, 0.3) is 10.5 Å². The number of aromatic nitrogens is 3. The predicted octanol–water partition coefficient (Wildman–Crippen LogP) is 4.99. The maximum absolute atomic E-state index is 13.4. The van der Waals surface area contributed by atoms with Crippen molar-refractivity contribution in [2.75, 3.05) is 14.2 Å². The number of H-pyrrole nitrogens is 1. The fourth-order valence-electron chi connectivity index (χ4n) is 5.27. The molecule has 1 fully saturated rings. The fraction of sp³-hybridized carbons (Fsp3) is 0.462. The third-order valence-electron chi connectivity index (χ3n) is 6.68. The number of aryl methyl sites for hydroxylation is 1. The van der Waals surface area contributed by atoms with Gasteiger partial charge in [0.2, 0.25) is 5.88 Å². The molecule has 3 aromatic rings. The lowest BCUT2D eigenvalue weighted by molar-refractivity contribution is -0.0249. The van der Waals surface area contributed by atoms with E-state index in [1.165, 1.54) is 18.7 Å². The molecule has 0 radical (unpaired) electrons. The summed E-state index contributed by atoms with van der Waals surface area (Å²) in [6.07, 6.45) is 1.62. The van der Waals surface area contributed by atoms with Gasteiger partial charge in [0.05, 0.1) is 20.8 Å². The third kappa shape index (κ3) is 4.37. The Labute approximate surface area is 209 Å². The summed E-state index contributed by atoms with van der Waals surface area (Å²) in [5, 5.41) is 2.93. The molecule has 2 heterocycles. The molecular formula is C26H30N4O6. The first-order chi connectivity index (χ1) is 17.2. The highest BCUT2D eigenvalue weighted by Gasteiger charge is 2.37. The highest BCUT2D eigenvalue weighted by molar-refractivity contribution is 6.06. The van der Waals surface area contributed by atoms with Crippen molar-refractivity contribution < 1.29 is 28.5 Å². The second-order valence-electron chi connectivity index (χ2n) is 9.44. The zero-order valence-electron chi connectivity index (χ0n) is 21.2. The van der Waals surface area contributed by atoms with Crippen molar-refractivity contribution in [1.29, 1.82) is 0 Å².